The topological polar surface area (TPSA) is 48.8 Å². The average molecular weight is 547 g/mol. The molecule has 0 aliphatic carbocycles. The van der Waals surface area contributed by atoms with Crippen molar-refractivity contribution in [2.75, 3.05) is 57.4 Å². The van der Waals surface area contributed by atoms with E-state index in [-0.39, 0.29) is 12.1 Å². The van der Waals surface area contributed by atoms with Crippen LogP contribution in [0.1, 0.15) is 55.0 Å². The van der Waals surface area contributed by atoms with E-state index < -0.39 is 0 Å². The highest BCUT2D eigenvalue weighted by Gasteiger charge is 2.41. The SMILES string of the molecule is CCN(CC)c1ccc(-n2c(C)cc([C@@H]3[C@@H](c4ccccn4)NC(=S)N3CCCN3CCOCC3)c2C)cc1. The predicted molar refractivity (Wildman–Crippen MR) is 163 cm³/mol. The number of hydrogen-bond acceptors (Lipinski definition) is 5. The zero-order valence-corrected chi connectivity index (χ0v) is 24.6. The summed E-state index contributed by atoms with van der Waals surface area (Å²) in [6.07, 6.45) is 2.93. The maximum atomic E-state index is 5.94. The minimum atomic E-state index is 0.000999. The third-order valence-corrected chi connectivity index (χ3v) is 8.55. The Kier molecular flexibility index (Phi) is 8.85. The Labute approximate surface area is 238 Å². The Morgan fingerprint density at radius 2 is 1.77 bits per heavy atom. The van der Waals surface area contributed by atoms with Crippen LogP contribution in [0.5, 0.6) is 0 Å². The molecular weight excluding hydrogens is 504 g/mol. The van der Waals surface area contributed by atoms with Crippen molar-refractivity contribution >= 4 is 23.0 Å². The Morgan fingerprint density at radius 1 is 1.03 bits per heavy atom. The Hall–Kier alpha value is -2.94. The van der Waals surface area contributed by atoms with Crippen LogP contribution in [-0.2, 0) is 4.74 Å². The summed E-state index contributed by atoms with van der Waals surface area (Å²) in [5, 5.41) is 4.44. The van der Waals surface area contributed by atoms with Crippen LogP contribution in [0.3, 0.4) is 0 Å². The van der Waals surface area contributed by atoms with Crippen LogP contribution in [0.25, 0.3) is 5.69 Å². The van der Waals surface area contributed by atoms with Gasteiger partial charge in [0.05, 0.1) is 31.0 Å². The van der Waals surface area contributed by atoms with Crippen LogP contribution >= 0.6 is 12.2 Å². The highest BCUT2D eigenvalue weighted by Crippen LogP contribution is 2.41. The van der Waals surface area contributed by atoms with E-state index in [0.29, 0.717) is 0 Å². The number of aryl methyl sites for hydroxylation is 1. The van der Waals surface area contributed by atoms with Crippen molar-refractivity contribution in [3.63, 3.8) is 0 Å². The monoisotopic (exact) mass is 546 g/mol. The van der Waals surface area contributed by atoms with E-state index >= 15 is 0 Å². The van der Waals surface area contributed by atoms with Gasteiger partial charge in [0.15, 0.2) is 5.11 Å². The minimum absolute atomic E-state index is 0.000999. The van der Waals surface area contributed by atoms with Gasteiger partial charge in [0.1, 0.15) is 0 Å². The molecule has 2 atom stereocenters. The molecule has 0 bridgehead atoms. The summed E-state index contributed by atoms with van der Waals surface area (Å²) >= 11 is 5.94. The number of aromatic nitrogens is 2. The van der Waals surface area contributed by atoms with Crippen molar-refractivity contribution in [1.82, 2.24) is 24.7 Å². The standard InChI is InChI=1S/C31H42N6OS/c1-5-35(6-2)25-11-13-26(14-12-25)37-23(3)22-27(24(37)4)30-29(28-10-7-8-15-32-28)33-31(39)36(30)17-9-16-34-18-20-38-21-19-34/h7-8,10-15,22,29-30H,5-6,9,16-21H2,1-4H3,(H,33,39)/t29-,30-/m1/s1. The summed E-state index contributed by atoms with van der Waals surface area (Å²) in [5.74, 6) is 0. The van der Waals surface area contributed by atoms with Gasteiger partial charge in [-0.15, -0.1) is 0 Å². The van der Waals surface area contributed by atoms with Crippen LogP contribution in [0.15, 0.2) is 54.7 Å². The first kappa shape index (κ1) is 27.6. The molecule has 0 spiro atoms. The second-order valence-electron chi connectivity index (χ2n) is 10.5. The maximum Gasteiger partial charge on any atom is 0.170 e. The largest absolute Gasteiger partial charge is 0.379 e. The van der Waals surface area contributed by atoms with Gasteiger partial charge in [-0.25, -0.2) is 0 Å². The number of ether oxygens (including phenoxy) is 1. The van der Waals surface area contributed by atoms with Crippen molar-refractivity contribution in [1.29, 1.82) is 0 Å². The molecule has 8 heteroatoms. The molecule has 0 unspecified atom stereocenters. The lowest BCUT2D eigenvalue weighted by Crippen LogP contribution is -2.39. The number of nitrogens with one attached hydrogen (secondary N) is 1. The summed E-state index contributed by atoms with van der Waals surface area (Å²) < 4.78 is 7.91. The van der Waals surface area contributed by atoms with Gasteiger partial charge in [-0.05, 0) is 94.4 Å². The number of nitrogens with zero attached hydrogens (tertiary/aromatic N) is 5. The van der Waals surface area contributed by atoms with Gasteiger partial charge in [-0.1, -0.05) is 6.07 Å². The number of benzene rings is 1. The number of hydrogen-bond donors (Lipinski definition) is 1. The van der Waals surface area contributed by atoms with E-state index in [2.05, 4.69) is 94.7 Å². The van der Waals surface area contributed by atoms with Gasteiger partial charge in [-0.3, -0.25) is 9.88 Å². The quantitative estimate of drug-likeness (QED) is 0.358. The van der Waals surface area contributed by atoms with Crippen molar-refractivity contribution in [2.45, 2.75) is 46.2 Å². The van der Waals surface area contributed by atoms with E-state index in [1.807, 2.05) is 12.3 Å². The number of pyridine rings is 1. The fraction of sp³-hybridized carbons (Fsp3) is 0.484. The lowest BCUT2D eigenvalue weighted by atomic mass is 9.96. The lowest BCUT2D eigenvalue weighted by Gasteiger charge is -2.30. The van der Waals surface area contributed by atoms with Crippen molar-refractivity contribution in [2.24, 2.45) is 0 Å². The van der Waals surface area contributed by atoms with E-state index in [0.717, 1.165) is 69.7 Å². The maximum absolute atomic E-state index is 5.94. The fourth-order valence-electron chi connectivity index (χ4n) is 6.16. The van der Waals surface area contributed by atoms with E-state index in [9.17, 15) is 0 Å². The molecule has 2 saturated heterocycles. The Balaban J connectivity index is 1.45. The van der Waals surface area contributed by atoms with E-state index in [4.69, 9.17) is 21.9 Å². The van der Waals surface area contributed by atoms with Crippen LogP contribution in [0.2, 0.25) is 0 Å². The molecule has 1 N–H and O–H groups in total. The van der Waals surface area contributed by atoms with Crippen LogP contribution in [0.4, 0.5) is 5.69 Å². The van der Waals surface area contributed by atoms with Gasteiger partial charge in [0.25, 0.3) is 0 Å². The second kappa shape index (κ2) is 12.5. The van der Waals surface area contributed by atoms with E-state index in [1.54, 1.807) is 0 Å². The molecule has 39 heavy (non-hydrogen) atoms. The predicted octanol–water partition coefficient (Wildman–Crippen LogP) is 5.03. The average Bonchev–Trinajstić information content (AvgIpc) is 3.45. The highest BCUT2D eigenvalue weighted by atomic mass is 32.1. The molecule has 0 saturated carbocycles. The molecule has 0 radical (unpaired) electrons. The zero-order chi connectivity index (χ0) is 27.4. The third-order valence-electron chi connectivity index (χ3n) is 8.20. The summed E-state index contributed by atoms with van der Waals surface area (Å²) in [5.41, 5.74) is 7.25. The molecule has 7 nitrogen and oxygen atoms in total. The summed E-state index contributed by atoms with van der Waals surface area (Å²) in [6, 6.07) is 17.5. The van der Waals surface area contributed by atoms with Crippen molar-refractivity contribution in [3.8, 4) is 5.69 Å². The Bertz CT molecular complexity index is 1230. The second-order valence-corrected chi connectivity index (χ2v) is 10.9. The number of morpholine rings is 1. The molecule has 3 aromatic rings. The van der Waals surface area contributed by atoms with Crippen LogP contribution in [-0.4, -0.2) is 76.9 Å². The van der Waals surface area contributed by atoms with Crippen molar-refractivity contribution < 1.29 is 4.74 Å². The molecular formula is C31H42N6OS. The first-order chi connectivity index (χ1) is 19.0. The molecule has 4 heterocycles. The summed E-state index contributed by atoms with van der Waals surface area (Å²) in [7, 11) is 0. The smallest absolute Gasteiger partial charge is 0.170 e. The van der Waals surface area contributed by atoms with Gasteiger partial charge in [-0.2, -0.15) is 0 Å². The Morgan fingerprint density at radius 3 is 2.44 bits per heavy atom. The van der Waals surface area contributed by atoms with E-state index in [1.165, 1.54) is 28.3 Å². The molecule has 1 aromatic carbocycles. The first-order valence-corrected chi connectivity index (χ1v) is 14.7. The molecule has 0 amide bonds. The number of rotatable bonds is 10. The fourth-order valence-corrected chi connectivity index (χ4v) is 6.49. The highest BCUT2D eigenvalue weighted by molar-refractivity contribution is 7.80. The normalized spacial score (nSPS) is 19.9. The van der Waals surface area contributed by atoms with Crippen LogP contribution < -0.4 is 10.2 Å². The molecule has 2 aliphatic rings. The van der Waals surface area contributed by atoms with Gasteiger partial charge in [0.2, 0.25) is 0 Å². The molecule has 2 aliphatic heterocycles. The van der Waals surface area contributed by atoms with Crippen LogP contribution in [0, 0.1) is 13.8 Å². The molecule has 208 valence electrons. The first-order valence-electron chi connectivity index (χ1n) is 14.3. The number of thiocarbonyl (C=S) groups is 1. The molecule has 2 fully saturated rings. The summed E-state index contributed by atoms with van der Waals surface area (Å²) in [4.78, 5) is 12.0. The van der Waals surface area contributed by atoms with Gasteiger partial charge in [0, 0.05) is 68.2 Å². The minimum Gasteiger partial charge on any atom is -0.379 e. The zero-order valence-electron chi connectivity index (χ0n) is 23.8. The van der Waals surface area contributed by atoms with Crippen molar-refractivity contribution in [3.05, 3.63) is 77.4 Å². The lowest BCUT2D eigenvalue weighted by molar-refractivity contribution is 0.0365. The number of anilines is 1. The third kappa shape index (κ3) is 5.83. The van der Waals surface area contributed by atoms with Gasteiger partial charge >= 0.3 is 0 Å². The molecule has 2 aromatic heterocycles. The molecule has 5 rings (SSSR count). The summed E-state index contributed by atoms with van der Waals surface area (Å²) in [6.45, 7) is 16.5. The van der Waals surface area contributed by atoms with Gasteiger partial charge < -0.3 is 24.4 Å².